The minimum absolute atomic E-state index is 0.371. The van der Waals surface area contributed by atoms with E-state index in [0.29, 0.717) is 29.7 Å². The number of hydrogen-bond acceptors (Lipinski definition) is 9. The summed E-state index contributed by atoms with van der Waals surface area (Å²) in [5, 5.41) is 0.393. The predicted octanol–water partition coefficient (Wildman–Crippen LogP) is 4.57. The van der Waals surface area contributed by atoms with E-state index in [4.69, 9.17) is 36.8 Å². The summed E-state index contributed by atoms with van der Waals surface area (Å²) in [6.45, 7) is 3.83. The number of ether oxygens (including phenoxy) is 2. The highest BCUT2D eigenvalue weighted by Gasteiger charge is 2.37. The molecule has 220 valence electrons. The van der Waals surface area contributed by atoms with Crippen LogP contribution < -0.4 is 15.5 Å². The first kappa shape index (κ1) is 26.6. The number of anilines is 3. The molecule has 1 aromatic carbocycles. The van der Waals surface area contributed by atoms with Crippen LogP contribution in [-0.2, 0) is 35.2 Å². The van der Waals surface area contributed by atoms with Gasteiger partial charge in [0.05, 0.1) is 30.1 Å². The van der Waals surface area contributed by atoms with E-state index in [9.17, 15) is 0 Å². The number of rotatable bonds is 3. The number of halogens is 1. The van der Waals surface area contributed by atoms with Gasteiger partial charge >= 0.3 is 0 Å². The molecule has 6 heterocycles. The Labute approximate surface area is 251 Å². The molecule has 3 aromatic rings. The fourth-order valence-electron chi connectivity index (χ4n) is 7.66. The van der Waals surface area contributed by atoms with Crippen LogP contribution in [0.3, 0.4) is 0 Å². The van der Waals surface area contributed by atoms with E-state index in [1.807, 2.05) is 24.3 Å². The molecule has 2 aliphatic carbocycles. The quantitative estimate of drug-likeness (QED) is 0.349. The number of nitrogens with two attached hydrogens (primary N) is 1. The van der Waals surface area contributed by atoms with Crippen molar-refractivity contribution in [3.05, 3.63) is 52.1 Å². The summed E-state index contributed by atoms with van der Waals surface area (Å²) < 4.78 is 11.9. The number of nitrogen functional groups attached to an aromatic ring is 1. The second-order valence-corrected chi connectivity index (χ2v) is 12.9. The zero-order chi connectivity index (χ0) is 28.2. The molecule has 4 bridgehead atoms. The van der Waals surface area contributed by atoms with E-state index in [1.54, 1.807) is 0 Å². The first-order valence-electron chi connectivity index (χ1n) is 15.7. The summed E-state index contributed by atoms with van der Waals surface area (Å²) in [5.41, 5.74) is 12.7. The SMILES string of the molecule is Clc1nc2c(c(N3CC4CCC(C3)O4)n1)CCC2.Nc1ccc(-c2nc3c(c(N4CC5CCC(C4)O5)n2)CCC3)cc1. The highest BCUT2D eigenvalue weighted by molar-refractivity contribution is 6.28. The highest BCUT2D eigenvalue weighted by atomic mass is 35.5. The Morgan fingerprint density at radius 1 is 0.643 bits per heavy atom. The summed E-state index contributed by atoms with van der Waals surface area (Å²) in [4.78, 5) is 23.5. The van der Waals surface area contributed by atoms with E-state index in [2.05, 4.69) is 19.8 Å². The van der Waals surface area contributed by atoms with Crippen molar-refractivity contribution in [3.63, 3.8) is 0 Å². The van der Waals surface area contributed by atoms with Crippen LogP contribution in [0.4, 0.5) is 17.3 Å². The largest absolute Gasteiger partial charge is 0.399 e. The number of hydrogen-bond donors (Lipinski definition) is 1. The van der Waals surface area contributed by atoms with Gasteiger partial charge in [0.25, 0.3) is 0 Å². The van der Waals surface area contributed by atoms with E-state index >= 15 is 0 Å². The van der Waals surface area contributed by atoms with Crippen LogP contribution in [0, 0.1) is 0 Å². The molecular formula is C32H38ClN7O2. The molecule has 42 heavy (non-hydrogen) atoms. The van der Waals surface area contributed by atoms with Crippen molar-refractivity contribution < 1.29 is 9.47 Å². The van der Waals surface area contributed by atoms with Gasteiger partial charge in [0.2, 0.25) is 5.28 Å². The Kier molecular flexibility index (Phi) is 6.92. The first-order chi connectivity index (χ1) is 20.6. The lowest BCUT2D eigenvalue weighted by Gasteiger charge is -2.34. The van der Waals surface area contributed by atoms with Gasteiger partial charge in [0, 0.05) is 54.3 Å². The minimum Gasteiger partial charge on any atom is -0.399 e. The molecule has 4 aliphatic heterocycles. The second-order valence-electron chi connectivity index (χ2n) is 12.6. The van der Waals surface area contributed by atoms with Gasteiger partial charge in [-0.25, -0.2) is 19.9 Å². The number of benzene rings is 1. The Morgan fingerprint density at radius 2 is 1.14 bits per heavy atom. The third-order valence-corrected chi connectivity index (χ3v) is 9.82. The standard InChI is InChI=1S/C19H22N4O.C13H16ClN3O/c20-13-6-4-12(5-7-13)18-21-17-3-1-2-16(17)19(22-18)23-10-14-8-9-15(11-23)24-14;14-13-15-11-3-1-2-10(11)12(16-13)17-6-8-4-5-9(7-17)18-8/h4-7,14-15H,1-3,8-11,20H2;8-9H,1-7H2. The molecule has 0 spiro atoms. The van der Waals surface area contributed by atoms with Crippen LogP contribution in [0.2, 0.25) is 5.28 Å². The summed E-state index contributed by atoms with van der Waals surface area (Å²) >= 11 is 6.06. The number of nitrogens with zero attached hydrogens (tertiary/aromatic N) is 6. The maximum absolute atomic E-state index is 6.06. The van der Waals surface area contributed by atoms with Gasteiger partial charge in [0.1, 0.15) is 11.6 Å². The van der Waals surface area contributed by atoms with Crippen molar-refractivity contribution in [2.45, 2.75) is 88.6 Å². The Balaban J connectivity index is 0.000000132. The molecule has 0 saturated carbocycles. The van der Waals surface area contributed by atoms with Gasteiger partial charge in [-0.05, 0) is 100 Å². The number of fused-ring (bicyclic) bond motifs is 6. The third-order valence-electron chi connectivity index (χ3n) is 9.65. The van der Waals surface area contributed by atoms with Crippen molar-refractivity contribution in [1.82, 2.24) is 19.9 Å². The lowest BCUT2D eigenvalue weighted by molar-refractivity contribution is 0.0299. The summed E-state index contributed by atoms with van der Waals surface area (Å²) in [6.07, 6.45) is 12.9. The van der Waals surface area contributed by atoms with Crippen molar-refractivity contribution in [2.75, 3.05) is 41.7 Å². The topological polar surface area (TPSA) is 103 Å². The molecule has 2 N–H and O–H groups in total. The first-order valence-corrected chi connectivity index (χ1v) is 16.1. The monoisotopic (exact) mass is 587 g/mol. The fourth-order valence-corrected chi connectivity index (χ4v) is 7.84. The molecule has 9 rings (SSSR count). The Hall–Kier alpha value is -3.01. The molecule has 10 heteroatoms. The van der Waals surface area contributed by atoms with E-state index in [1.165, 1.54) is 55.3 Å². The molecule has 2 aromatic heterocycles. The van der Waals surface area contributed by atoms with Crippen molar-refractivity contribution in [1.29, 1.82) is 0 Å². The average Bonchev–Trinajstić information content (AvgIpc) is 3.80. The van der Waals surface area contributed by atoms with Crippen molar-refractivity contribution in [2.24, 2.45) is 0 Å². The third kappa shape index (κ3) is 5.09. The Morgan fingerprint density at radius 3 is 1.69 bits per heavy atom. The van der Waals surface area contributed by atoms with Crippen LogP contribution >= 0.6 is 11.6 Å². The molecule has 9 nitrogen and oxygen atoms in total. The summed E-state index contributed by atoms with van der Waals surface area (Å²) in [5.74, 6) is 3.04. The van der Waals surface area contributed by atoms with Gasteiger partial charge in [-0.1, -0.05) is 0 Å². The van der Waals surface area contributed by atoms with Crippen molar-refractivity contribution >= 4 is 28.9 Å². The second kappa shape index (κ2) is 10.9. The molecule has 4 unspecified atom stereocenters. The molecule has 6 aliphatic rings. The van der Waals surface area contributed by atoms with E-state index < -0.39 is 0 Å². The van der Waals surface area contributed by atoms with Gasteiger partial charge in [-0.2, -0.15) is 0 Å². The maximum atomic E-state index is 6.06. The number of aryl methyl sites for hydroxylation is 2. The van der Waals surface area contributed by atoms with Crippen LogP contribution in [0.25, 0.3) is 11.4 Å². The molecule has 4 fully saturated rings. The smallest absolute Gasteiger partial charge is 0.224 e. The Bertz CT molecular complexity index is 1460. The van der Waals surface area contributed by atoms with Crippen LogP contribution in [0.15, 0.2) is 24.3 Å². The van der Waals surface area contributed by atoms with Crippen molar-refractivity contribution in [3.8, 4) is 11.4 Å². The van der Waals surface area contributed by atoms with Crippen LogP contribution in [0.5, 0.6) is 0 Å². The summed E-state index contributed by atoms with van der Waals surface area (Å²) in [7, 11) is 0. The van der Waals surface area contributed by atoms with E-state index in [0.717, 1.165) is 86.3 Å². The fraction of sp³-hybridized carbons (Fsp3) is 0.562. The lowest BCUT2D eigenvalue weighted by Crippen LogP contribution is -2.43. The van der Waals surface area contributed by atoms with Gasteiger partial charge < -0.3 is 25.0 Å². The van der Waals surface area contributed by atoms with Crippen LogP contribution in [-0.4, -0.2) is 70.5 Å². The van der Waals surface area contributed by atoms with Gasteiger partial charge in [-0.3, -0.25) is 0 Å². The van der Waals surface area contributed by atoms with E-state index in [-0.39, 0.29) is 0 Å². The zero-order valence-electron chi connectivity index (χ0n) is 24.0. The minimum atomic E-state index is 0.371. The average molecular weight is 588 g/mol. The molecular weight excluding hydrogens is 550 g/mol. The van der Waals surface area contributed by atoms with Crippen LogP contribution in [0.1, 0.15) is 61.0 Å². The maximum Gasteiger partial charge on any atom is 0.224 e. The normalized spacial score (nSPS) is 27.1. The molecule has 0 radical (unpaired) electrons. The molecule has 0 amide bonds. The molecule has 4 saturated heterocycles. The number of aromatic nitrogens is 4. The molecule has 4 atom stereocenters. The zero-order valence-corrected chi connectivity index (χ0v) is 24.7. The van der Waals surface area contributed by atoms with Gasteiger partial charge in [0.15, 0.2) is 5.82 Å². The number of morpholine rings is 2. The van der Waals surface area contributed by atoms with Gasteiger partial charge in [-0.15, -0.1) is 0 Å². The predicted molar refractivity (Wildman–Crippen MR) is 163 cm³/mol. The lowest BCUT2D eigenvalue weighted by atomic mass is 10.1. The summed E-state index contributed by atoms with van der Waals surface area (Å²) in [6, 6.07) is 7.86. The highest BCUT2D eigenvalue weighted by Crippen LogP contribution is 2.36.